The Labute approximate surface area is 143 Å². The second-order valence-corrected chi connectivity index (χ2v) is 7.85. The lowest BCUT2D eigenvalue weighted by atomic mass is 9.85. The van der Waals surface area contributed by atoms with Crippen LogP contribution in [0.3, 0.4) is 0 Å². The van der Waals surface area contributed by atoms with E-state index in [1.54, 1.807) is 22.7 Å². The molecule has 2 aromatic rings. The zero-order chi connectivity index (χ0) is 14.9. The summed E-state index contributed by atoms with van der Waals surface area (Å²) in [6.07, 6.45) is 5.76. The van der Waals surface area contributed by atoms with Crippen LogP contribution in [-0.4, -0.2) is 5.11 Å². The molecule has 2 aliphatic rings. The first-order valence-corrected chi connectivity index (χ1v) is 9.56. The minimum absolute atomic E-state index is 0.232. The number of thiophene rings is 2. The van der Waals surface area contributed by atoms with Gasteiger partial charge in [0.2, 0.25) is 0 Å². The van der Waals surface area contributed by atoms with Gasteiger partial charge in [0.1, 0.15) is 0 Å². The van der Waals surface area contributed by atoms with Crippen LogP contribution in [0.5, 0.6) is 0 Å². The number of hydrogen-bond donors (Lipinski definition) is 2. The van der Waals surface area contributed by atoms with E-state index in [9.17, 15) is 0 Å². The molecule has 0 saturated carbocycles. The van der Waals surface area contributed by atoms with E-state index in [2.05, 4.69) is 51.7 Å². The highest BCUT2D eigenvalue weighted by molar-refractivity contribution is 7.80. The molecule has 2 nitrogen and oxygen atoms in total. The highest BCUT2D eigenvalue weighted by Crippen LogP contribution is 2.39. The van der Waals surface area contributed by atoms with Crippen LogP contribution in [0.15, 0.2) is 51.9 Å². The lowest BCUT2D eigenvalue weighted by Gasteiger charge is -2.35. The molecule has 1 aliphatic carbocycles. The van der Waals surface area contributed by atoms with E-state index in [0.717, 1.165) is 18.0 Å². The lowest BCUT2D eigenvalue weighted by molar-refractivity contribution is 0.615. The molecule has 3 heterocycles. The van der Waals surface area contributed by atoms with Crippen molar-refractivity contribution in [1.82, 2.24) is 10.6 Å². The van der Waals surface area contributed by atoms with E-state index in [-0.39, 0.29) is 6.04 Å². The van der Waals surface area contributed by atoms with Gasteiger partial charge in [0.25, 0.3) is 0 Å². The number of hydrogen-bond acceptors (Lipinski definition) is 3. The van der Waals surface area contributed by atoms with E-state index >= 15 is 0 Å². The van der Waals surface area contributed by atoms with Crippen LogP contribution >= 0.6 is 34.9 Å². The Morgan fingerprint density at radius 1 is 1.14 bits per heavy atom. The summed E-state index contributed by atoms with van der Waals surface area (Å²) in [6, 6.07) is 8.80. The predicted molar refractivity (Wildman–Crippen MR) is 99.1 cm³/mol. The summed E-state index contributed by atoms with van der Waals surface area (Å²) in [6.45, 7) is 0. The molecule has 4 rings (SSSR count). The van der Waals surface area contributed by atoms with E-state index in [1.165, 1.54) is 33.0 Å². The van der Waals surface area contributed by atoms with Crippen molar-refractivity contribution in [2.24, 2.45) is 0 Å². The van der Waals surface area contributed by atoms with Gasteiger partial charge in [-0.2, -0.15) is 0 Å². The molecule has 22 heavy (non-hydrogen) atoms. The van der Waals surface area contributed by atoms with Crippen LogP contribution in [0.25, 0.3) is 6.08 Å². The van der Waals surface area contributed by atoms with Crippen molar-refractivity contribution >= 4 is 46.1 Å². The quantitative estimate of drug-likeness (QED) is 0.762. The molecule has 5 heteroatoms. The van der Waals surface area contributed by atoms with Crippen LogP contribution in [0.2, 0.25) is 0 Å². The third-order valence-corrected chi connectivity index (χ3v) is 6.06. The molecule has 1 aliphatic heterocycles. The van der Waals surface area contributed by atoms with E-state index in [4.69, 9.17) is 12.2 Å². The number of nitrogens with one attached hydrogen (secondary N) is 2. The van der Waals surface area contributed by atoms with Crippen molar-refractivity contribution in [2.45, 2.75) is 25.3 Å². The highest BCUT2D eigenvalue weighted by atomic mass is 32.1. The fraction of sp³-hybridized carbons (Fsp3) is 0.235. The molecule has 2 N–H and O–H groups in total. The number of allylic oxidation sites excluding steroid dienone is 1. The first-order chi connectivity index (χ1) is 10.8. The van der Waals surface area contributed by atoms with Crippen molar-refractivity contribution in [1.29, 1.82) is 0 Å². The average molecular weight is 345 g/mol. The highest BCUT2D eigenvalue weighted by Gasteiger charge is 2.30. The van der Waals surface area contributed by atoms with Crippen LogP contribution < -0.4 is 10.6 Å². The molecule has 0 unspecified atom stereocenters. The number of rotatable bonds is 2. The van der Waals surface area contributed by atoms with E-state index < -0.39 is 0 Å². The summed E-state index contributed by atoms with van der Waals surface area (Å²) >= 11 is 9.02. The van der Waals surface area contributed by atoms with Gasteiger partial charge in [-0.25, -0.2) is 0 Å². The minimum atomic E-state index is 0.232. The molecule has 112 valence electrons. The van der Waals surface area contributed by atoms with Crippen molar-refractivity contribution in [3.05, 3.63) is 61.6 Å². The summed E-state index contributed by atoms with van der Waals surface area (Å²) in [7, 11) is 0. The predicted octanol–water partition coefficient (Wildman–Crippen LogP) is 4.85. The Bertz CT molecular complexity index is 739. The molecule has 0 fully saturated rings. The monoisotopic (exact) mass is 344 g/mol. The fourth-order valence-electron chi connectivity index (χ4n) is 3.13. The Kier molecular flexibility index (Phi) is 3.86. The lowest BCUT2D eigenvalue weighted by Crippen LogP contribution is -2.44. The summed E-state index contributed by atoms with van der Waals surface area (Å²) < 4.78 is 0. The molecule has 0 aromatic carbocycles. The van der Waals surface area contributed by atoms with Crippen LogP contribution in [0.4, 0.5) is 0 Å². The van der Waals surface area contributed by atoms with E-state index in [1.807, 2.05) is 0 Å². The van der Waals surface area contributed by atoms with Crippen molar-refractivity contribution in [3.63, 3.8) is 0 Å². The fourth-order valence-corrected chi connectivity index (χ4v) is 4.84. The Morgan fingerprint density at radius 3 is 2.77 bits per heavy atom. The van der Waals surface area contributed by atoms with Crippen molar-refractivity contribution in [3.8, 4) is 0 Å². The summed E-state index contributed by atoms with van der Waals surface area (Å²) in [5.41, 5.74) is 4.08. The SMILES string of the molecule is S=C1NC2=C(CCC/C2=C/c2cccs2)[C@H](c2cccs2)N1. The Balaban J connectivity index is 1.78. The van der Waals surface area contributed by atoms with Gasteiger partial charge in [0.05, 0.1) is 6.04 Å². The Hall–Kier alpha value is -1.43. The van der Waals surface area contributed by atoms with Gasteiger partial charge in [-0.15, -0.1) is 22.7 Å². The van der Waals surface area contributed by atoms with Gasteiger partial charge >= 0.3 is 0 Å². The maximum Gasteiger partial charge on any atom is 0.171 e. The molecule has 0 saturated heterocycles. The summed E-state index contributed by atoms with van der Waals surface area (Å²) in [5, 5.41) is 11.8. The van der Waals surface area contributed by atoms with Crippen LogP contribution in [-0.2, 0) is 0 Å². The van der Waals surface area contributed by atoms with Gasteiger partial charge in [-0.3, -0.25) is 0 Å². The minimum Gasteiger partial charge on any atom is -0.351 e. The van der Waals surface area contributed by atoms with Gasteiger partial charge in [-0.1, -0.05) is 12.1 Å². The smallest absolute Gasteiger partial charge is 0.171 e. The molecule has 0 bridgehead atoms. The van der Waals surface area contributed by atoms with Gasteiger partial charge in [0, 0.05) is 15.5 Å². The molecule has 1 atom stereocenters. The summed E-state index contributed by atoms with van der Waals surface area (Å²) in [4.78, 5) is 2.65. The maximum atomic E-state index is 5.45. The molecular weight excluding hydrogens is 328 g/mol. The van der Waals surface area contributed by atoms with Crippen LogP contribution in [0, 0.1) is 0 Å². The van der Waals surface area contributed by atoms with Crippen LogP contribution in [0.1, 0.15) is 35.1 Å². The third-order valence-electron chi connectivity index (χ3n) is 4.08. The normalized spacial score (nSPS) is 23.2. The molecule has 0 radical (unpaired) electrons. The largest absolute Gasteiger partial charge is 0.351 e. The van der Waals surface area contributed by atoms with Gasteiger partial charge in [0.15, 0.2) is 5.11 Å². The first-order valence-electron chi connectivity index (χ1n) is 7.39. The molecule has 2 aromatic heterocycles. The maximum absolute atomic E-state index is 5.45. The average Bonchev–Trinajstić information content (AvgIpc) is 3.20. The second-order valence-electron chi connectivity index (χ2n) is 5.49. The second kappa shape index (κ2) is 5.99. The van der Waals surface area contributed by atoms with Gasteiger partial charge < -0.3 is 10.6 Å². The zero-order valence-corrected chi connectivity index (χ0v) is 14.4. The standard InChI is InChI=1S/C17H16N2S3/c20-17-18-15-11(10-12-5-2-8-21-12)4-1-6-13(15)16(19-17)14-7-3-9-22-14/h2-3,5,7-10,16H,1,4,6H2,(H2,18,19,20)/b11-10-/t16-/m1/s1. The summed E-state index contributed by atoms with van der Waals surface area (Å²) in [5.74, 6) is 0. The third kappa shape index (κ3) is 2.64. The number of thiocarbonyl (C=S) groups is 1. The Morgan fingerprint density at radius 2 is 2.00 bits per heavy atom. The van der Waals surface area contributed by atoms with E-state index in [0.29, 0.717) is 0 Å². The molecule has 0 amide bonds. The van der Waals surface area contributed by atoms with Crippen molar-refractivity contribution < 1.29 is 0 Å². The zero-order valence-electron chi connectivity index (χ0n) is 12.0. The molecule has 0 spiro atoms. The topological polar surface area (TPSA) is 24.1 Å². The first kappa shape index (κ1) is 14.2. The molecular formula is C17H16N2S3. The van der Waals surface area contributed by atoms with Gasteiger partial charge in [-0.05, 0) is 71.6 Å². The van der Waals surface area contributed by atoms with Crippen molar-refractivity contribution in [2.75, 3.05) is 0 Å².